The van der Waals surface area contributed by atoms with Crippen molar-refractivity contribution in [3.63, 3.8) is 0 Å². The van der Waals surface area contributed by atoms with E-state index in [4.69, 9.17) is 0 Å². The average Bonchev–Trinajstić information content (AvgIpc) is 2.31. The number of benzene rings is 1. The van der Waals surface area contributed by atoms with Gasteiger partial charge in [-0.15, -0.1) is 0 Å². The molecule has 0 heterocycles. The van der Waals surface area contributed by atoms with Crippen molar-refractivity contribution in [2.45, 2.75) is 18.2 Å². The number of aryl methyl sites for hydroxylation is 1. The van der Waals surface area contributed by atoms with Gasteiger partial charge in [0, 0.05) is 18.1 Å². The van der Waals surface area contributed by atoms with E-state index in [0.29, 0.717) is 11.4 Å². The van der Waals surface area contributed by atoms with E-state index in [9.17, 15) is 8.42 Å². The molecule has 0 saturated carbocycles. The lowest BCUT2D eigenvalue weighted by molar-refractivity contribution is 0.370. The molecular formula is C13H21BrN2O2S. The fourth-order valence-corrected chi connectivity index (χ4v) is 3.23. The molecule has 0 bridgehead atoms. The van der Waals surface area contributed by atoms with Gasteiger partial charge in [0.25, 0.3) is 0 Å². The topological polar surface area (TPSA) is 40.6 Å². The summed E-state index contributed by atoms with van der Waals surface area (Å²) in [6, 6.07) is 5.10. The maximum atomic E-state index is 12.4. The van der Waals surface area contributed by atoms with Gasteiger partial charge in [-0.25, -0.2) is 12.7 Å². The molecule has 0 unspecified atom stereocenters. The molecule has 108 valence electrons. The first-order chi connectivity index (χ1) is 8.75. The zero-order chi connectivity index (χ0) is 14.6. The van der Waals surface area contributed by atoms with Crippen molar-refractivity contribution >= 4 is 26.0 Å². The molecule has 0 saturated heterocycles. The first-order valence-electron chi connectivity index (χ1n) is 6.12. The SMILES string of the molecule is Cc1cc(S(=O)(=O)N(C)CCCN(C)C)ccc1Br. The molecule has 0 aliphatic carbocycles. The number of hydrogen-bond acceptors (Lipinski definition) is 3. The van der Waals surface area contributed by atoms with Crippen LogP contribution in [0.25, 0.3) is 0 Å². The van der Waals surface area contributed by atoms with E-state index in [0.717, 1.165) is 23.0 Å². The number of rotatable bonds is 6. The molecular weight excluding hydrogens is 328 g/mol. The molecule has 0 amide bonds. The van der Waals surface area contributed by atoms with Crippen LogP contribution in [-0.2, 0) is 10.0 Å². The molecule has 1 aromatic carbocycles. The Hall–Kier alpha value is -0.430. The predicted molar refractivity (Wildman–Crippen MR) is 81.9 cm³/mol. The van der Waals surface area contributed by atoms with Crippen molar-refractivity contribution in [3.05, 3.63) is 28.2 Å². The molecule has 4 nitrogen and oxygen atoms in total. The summed E-state index contributed by atoms with van der Waals surface area (Å²) in [5.41, 5.74) is 0.919. The van der Waals surface area contributed by atoms with Crippen molar-refractivity contribution in [2.24, 2.45) is 0 Å². The number of hydrogen-bond donors (Lipinski definition) is 0. The molecule has 1 rings (SSSR count). The Balaban J connectivity index is 2.81. The summed E-state index contributed by atoms with van der Waals surface area (Å²) in [7, 11) is 2.20. The Morgan fingerprint density at radius 1 is 1.16 bits per heavy atom. The average molecular weight is 349 g/mol. The van der Waals surface area contributed by atoms with E-state index < -0.39 is 10.0 Å². The van der Waals surface area contributed by atoms with E-state index >= 15 is 0 Å². The Morgan fingerprint density at radius 2 is 1.79 bits per heavy atom. The highest BCUT2D eigenvalue weighted by molar-refractivity contribution is 9.10. The summed E-state index contributed by atoms with van der Waals surface area (Å²) in [5, 5.41) is 0. The Labute approximate surface area is 124 Å². The van der Waals surface area contributed by atoms with E-state index in [1.165, 1.54) is 4.31 Å². The molecule has 1 aromatic rings. The highest BCUT2D eigenvalue weighted by Gasteiger charge is 2.20. The highest BCUT2D eigenvalue weighted by atomic mass is 79.9. The van der Waals surface area contributed by atoms with Gasteiger partial charge in [0.2, 0.25) is 10.0 Å². The van der Waals surface area contributed by atoms with Crippen molar-refractivity contribution < 1.29 is 8.42 Å². The van der Waals surface area contributed by atoms with Gasteiger partial charge < -0.3 is 4.90 Å². The normalized spacial score (nSPS) is 12.4. The fourth-order valence-electron chi connectivity index (χ4n) is 1.69. The smallest absolute Gasteiger partial charge is 0.242 e. The maximum Gasteiger partial charge on any atom is 0.242 e. The van der Waals surface area contributed by atoms with Gasteiger partial charge in [-0.1, -0.05) is 15.9 Å². The van der Waals surface area contributed by atoms with Crippen LogP contribution < -0.4 is 0 Å². The Kier molecular flexibility index (Phi) is 5.98. The first-order valence-corrected chi connectivity index (χ1v) is 8.35. The van der Waals surface area contributed by atoms with Gasteiger partial charge in [0.1, 0.15) is 0 Å². The molecule has 0 fully saturated rings. The van der Waals surface area contributed by atoms with Gasteiger partial charge >= 0.3 is 0 Å². The van der Waals surface area contributed by atoms with Crippen LogP contribution in [0.4, 0.5) is 0 Å². The Morgan fingerprint density at radius 3 is 2.32 bits per heavy atom. The molecule has 0 radical (unpaired) electrons. The van der Waals surface area contributed by atoms with Crippen LogP contribution in [0.2, 0.25) is 0 Å². The van der Waals surface area contributed by atoms with E-state index in [1.54, 1.807) is 25.2 Å². The van der Waals surface area contributed by atoms with E-state index in [-0.39, 0.29) is 0 Å². The molecule has 6 heteroatoms. The van der Waals surface area contributed by atoms with Gasteiger partial charge in [0.15, 0.2) is 0 Å². The van der Waals surface area contributed by atoms with Crippen molar-refractivity contribution in [1.82, 2.24) is 9.21 Å². The summed E-state index contributed by atoms with van der Waals surface area (Å²) < 4.78 is 27.1. The first kappa shape index (κ1) is 16.6. The van der Waals surface area contributed by atoms with Crippen LogP contribution in [0.5, 0.6) is 0 Å². The largest absolute Gasteiger partial charge is 0.309 e. The number of halogens is 1. The molecule has 0 aliphatic rings. The third-order valence-electron chi connectivity index (χ3n) is 2.92. The summed E-state index contributed by atoms with van der Waals surface area (Å²) in [6.07, 6.45) is 0.818. The summed E-state index contributed by atoms with van der Waals surface area (Å²) >= 11 is 3.38. The third kappa shape index (κ3) is 4.56. The minimum Gasteiger partial charge on any atom is -0.309 e. The van der Waals surface area contributed by atoms with Gasteiger partial charge in [-0.2, -0.15) is 0 Å². The van der Waals surface area contributed by atoms with E-state index in [2.05, 4.69) is 15.9 Å². The molecule has 0 atom stereocenters. The molecule has 0 N–H and O–H groups in total. The van der Waals surface area contributed by atoms with Crippen LogP contribution in [-0.4, -0.2) is 51.9 Å². The lowest BCUT2D eigenvalue weighted by Crippen LogP contribution is -2.30. The van der Waals surface area contributed by atoms with E-state index in [1.807, 2.05) is 25.9 Å². The van der Waals surface area contributed by atoms with Gasteiger partial charge in [0.05, 0.1) is 4.90 Å². The van der Waals surface area contributed by atoms with Gasteiger partial charge in [-0.3, -0.25) is 0 Å². The van der Waals surface area contributed by atoms with Crippen molar-refractivity contribution in [3.8, 4) is 0 Å². The second-order valence-corrected chi connectivity index (χ2v) is 7.79. The van der Waals surface area contributed by atoms with Crippen LogP contribution in [0.15, 0.2) is 27.6 Å². The lowest BCUT2D eigenvalue weighted by atomic mass is 10.2. The zero-order valence-corrected chi connectivity index (χ0v) is 14.3. The maximum absolute atomic E-state index is 12.4. The van der Waals surface area contributed by atoms with Crippen molar-refractivity contribution in [1.29, 1.82) is 0 Å². The minimum atomic E-state index is -3.38. The summed E-state index contributed by atoms with van der Waals surface area (Å²) in [4.78, 5) is 2.39. The number of sulfonamides is 1. The van der Waals surface area contributed by atoms with Crippen LogP contribution in [0, 0.1) is 6.92 Å². The molecule has 0 spiro atoms. The second-order valence-electron chi connectivity index (χ2n) is 4.89. The number of nitrogens with zero attached hydrogens (tertiary/aromatic N) is 2. The Bertz CT molecular complexity index is 529. The van der Waals surface area contributed by atoms with Gasteiger partial charge in [-0.05, 0) is 57.7 Å². The highest BCUT2D eigenvalue weighted by Crippen LogP contribution is 2.22. The molecule has 0 aromatic heterocycles. The lowest BCUT2D eigenvalue weighted by Gasteiger charge is -2.18. The quantitative estimate of drug-likeness (QED) is 0.792. The predicted octanol–water partition coefficient (Wildman–Crippen LogP) is 2.33. The monoisotopic (exact) mass is 348 g/mol. The summed E-state index contributed by atoms with van der Waals surface area (Å²) in [6.45, 7) is 3.28. The van der Waals surface area contributed by atoms with Crippen LogP contribution >= 0.6 is 15.9 Å². The van der Waals surface area contributed by atoms with Crippen LogP contribution in [0.1, 0.15) is 12.0 Å². The summed E-state index contributed by atoms with van der Waals surface area (Å²) in [5.74, 6) is 0. The third-order valence-corrected chi connectivity index (χ3v) is 5.66. The molecule has 19 heavy (non-hydrogen) atoms. The standard InChI is InChI=1S/C13H21BrN2O2S/c1-11-10-12(6-7-13(11)14)19(17,18)16(4)9-5-8-15(2)3/h6-7,10H,5,8-9H2,1-4H3. The molecule has 0 aliphatic heterocycles. The van der Waals surface area contributed by atoms with Crippen LogP contribution in [0.3, 0.4) is 0 Å². The van der Waals surface area contributed by atoms with Crippen molar-refractivity contribution in [2.75, 3.05) is 34.2 Å². The second kappa shape index (κ2) is 6.83. The zero-order valence-electron chi connectivity index (χ0n) is 11.9. The fraction of sp³-hybridized carbons (Fsp3) is 0.538. The minimum absolute atomic E-state index is 0.348.